The van der Waals surface area contributed by atoms with Gasteiger partial charge in [-0.3, -0.25) is 14.9 Å². The molecule has 1 heterocycles. The Morgan fingerprint density at radius 2 is 2.30 bits per heavy atom. The molecule has 2 N–H and O–H groups in total. The molecule has 1 unspecified atom stereocenters. The van der Waals surface area contributed by atoms with Gasteiger partial charge in [0.1, 0.15) is 0 Å². The Bertz CT molecular complexity index is 501. The molecule has 1 aliphatic rings. The van der Waals surface area contributed by atoms with Gasteiger partial charge in [-0.2, -0.15) is 0 Å². The number of nitrogens with zero attached hydrogens (tertiary/aromatic N) is 1. The molecular formula is C13H18ClN3O3. The van der Waals surface area contributed by atoms with Crippen LogP contribution in [0.25, 0.3) is 0 Å². The number of amides is 1. The van der Waals surface area contributed by atoms with Crippen LogP contribution in [0.5, 0.6) is 0 Å². The van der Waals surface area contributed by atoms with E-state index in [1.165, 1.54) is 12.1 Å². The lowest BCUT2D eigenvalue weighted by Crippen LogP contribution is -2.50. The van der Waals surface area contributed by atoms with Gasteiger partial charge in [-0.25, -0.2) is 0 Å². The average molecular weight is 300 g/mol. The third-order valence-corrected chi connectivity index (χ3v) is 3.60. The van der Waals surface area contributed by atoms with Crippen LogP contribution in [0.1, 0.15) is 26.2 Å². The number of benzene rings is 1. The van der Waals surface area contributed by atoms with Crippen LogP contribution in [0.4, 0.5) is 11.4 Å². The molecule has 7 heteroatoms. The van der Waals surface area contributed by atoms with Crippen LogP contribution < -0.4 is 10.6 Å². The summed E-state index contributed by atoms with van der Waals surface area (Å²) in [5.74, 6) is -0.118. The molecule has 1 aromatic carbocycles. The minimum absolute atomic E-state index is 0. The van der Waals surface area contributed by atoms with Gasteiger partial charge < -0.3 is 10.6 Å². The van der Waals surface area contributed by atoms with E-state index >= 15 is 0 Å². The summed E-state index contributed by atoms with van der Waals surface area (Å²) >= 11 is 0. The fraction of sp³-hybridized carbons (Fsp3) is 0.462. The van der Waals surface area contributed by atoms with Crippen LogP contribution in [0.2, 0.25) is 0 Å². The van der Waals surface area contributed by atoms with Crippen molar-refractivity contribution in [1.29, 1.82) is 0 Å². The lowest BCUT2D eigenvalue weighted by Gasteiger charge is -2.26. The maximum absolute atomic E-state index is 12.3. The molecule has 20 heavy (non-hydrogen) atoms. The molecule has 2 rings (SSSR count). The van der Waals surface area contributed by atoms with Gasteiger partial charge in [0.25, 0.3) is 5.69 Å². The van der Waals surface area contributed by atoms with E-state index in [9.17, 15) is 14.9 Å². The first-order chi connectivity index (χ1) is 9.07. The summed E-state index contributed by atoms with van der Waals surface area (Å²) in [5, 5.41) is 16.7. The van der Waals surface area contributed by atoms with Gasteiger partial charge in [0.2, 0.25) is 5.91 Å². The van der Waals surface area contributed by atoms with E-state index < -0.39 is 10.5 Å². The van der Waals surface area contributed by atoms with Gasteiger partial charge >= 0.3 is 0 Å². The van der Waals surface area contributed by atoms with Gasteiger partial charge in [0, 0.05) is 17.8 Å². The molecule has 0 spiro atoms. The van der Waals surface area contributed by atoms with Crippen LogP contribution in [0.15, 0.2) is 24.3 Å². The van der Waals surface area contributed by atoms with Crippen molar-refractivity contribution >= 4 is 29.7 Å². The van der Waals surface area contributed by atoms with Crippen molar-refractivity contribution in [3.05, 3.63) is 34.4 Å². The highest BCUT2D eigenvalue weighted by atomic mass is 35.5. The normalized spacial score (nSPS) is 21.1. The highest BCUT2D eigenvalue weighted by Gasteiger charge is 2.39. The van der Waals surface area contributed by atoms with Crippen LogP contribution in [0, 0.1) is 10.1 Å². The van der Waals surface area contributed by atoms with E-state index in [0.717, 1.165) is 19.4 Å². The Morgan fingerprint density at radius 1 is 1.55 bits per heavy atom. The molecular weight excluding hydrogens is 282 g/mol. The van der Waals surface area contributed by atoms with E-state index in [-0.39, 0.29) is 24.0 Å². The van der Waals surface area contributed by atoms with Crippen molar-refractivity contribution in [2.24, 2.45) is 0 Å². The van der Waals surface area contributed by atoms with Gasteiger partial charge in [0.15, 0.2) is 0 Å². The molecule has 1 aliphatic heterocycles. The topological polar surface area (TPSA) is 84.3 Å². The summed E-state index contributed by atoms with van der Waals surface area (Å²) in [4.78, 5) is 22.5. The van der Waals surface area contributed by atoms with Gasteiger partial charge in [-0.15, -0.1) is 12.4 Å². The highest BCUT2D eigenvalue weighted by molar-refractivity contribution is 5.98. The van der Waals surface area contributed by atoms with Gasteiger partial charge in [-0.1, -0.05) is 13.0 Å². The molecule has 6 nitrogen and oxygen atoms in total. The monoisotopic (exact) mass is 299 g/mol. The van der Waals surface area contributed by atoms with Crippen molar-refractivity contribution in [2.45, 2.75) is 31.7 Å². The number of nitro benzene ring substituents is 1. The highest BCUT2D eigenvalue weighted by Crippen LogP contribution is 2.25. The predicted octanol–water partition coefficient (Wildman–Crippen LogP) is 2.49. The molecule has 1 atom stereocenters. The zero-order valence-electron chi connectivity index (χ0n) is 11.2. The number of halogens is 1. The van der Waals surface area contributed by atoms with Crippen molar-refractivity contribution < 1.29 is 9.72 Å². The SMILES string of the molecule is CCC1(C(=O)Nc2cccc([N+](=O)[O-])c2)CCCN1.Cl. The molecule has 0 radical (unpaired) electrons. The zero-order valence-corrected chi connectivity index (χ0v) is 12.0. The molecule has 1 aromatic rings. The summed E-state index contributed by atoms with van der Waals surface area (Å²) in [7, 11) is 0. The summed E-state index contributed by atoms with van der Waals surface area (Å²) in [6, 6.07) is 5.99. The maximum atomic E-state index is 12.3. The number of nitro groups is 1. The Balaban J connectivity index is 0.00000200. The number of rotatable bonds is 4. The first-order valence-electron chi connectivity index (χ1n) is 6.38. The number of carbonyl (C=O) groups is 1. The minimum Gasteiger partial charge on any atom is -0.324 e. The summed E-state index contributed by atoms with van der Waals surface area (Å²) in [6.45, 7) is 2.79. The Morgan fingerprint density at radius 3 is 2.85 bits per heavy atom. The Kier molecular flexibility index (Phi) is 5.47. The number of hydrogen-bond acceptors (Lipinski definition) is 4. The van der Waals surface area contributed by atoms with Crippen LogP contribution >= 0.6 is 12.4 Å². The van der Waals surface area contributed by atoms with Crippen LogP contribution in [0.3, 0.4) is 0 Å². The summed E-state index contributed by atoms with van der Waals surface area (Å²) in [5.41, 5.74) is -0.103. The predicted molar refractivity (Wildman–Crippen MR) is 79.2 cm³/mol. The quantitative estimate of drug-likeness (QED) is 0.661. The molecule has 110 valence electrons. The van der Waals surface area contributed by atoms with Crippen molar-refractivity contribution in [3.8, 4) is 0 Å². The maximum Gasteiger partial charge on any atom is 0.271 e. The molecule has 0 aromatic heterocycles. The standard InChI is InChI=1S/C13H17N3O3.ClH/c1-2-13(7-4-8-14-13)12(17)15-10-5-3-6-11(9-10)16(18)19;/h3,5-6,9,14H,2,4,7-8H2,1H3,(H,15,17);1H. The third-order valence-electron chi connectivity index (χ3n) is 3.60. The summed E-state index contributed by atoms with van der Waals surface area (Å²) in [6.07, 6.45) is 2.47. The number of nitrogens with one attached hydrogen (secondary N) is 2. The number of anilines is 1. The van der Waals surface area contributed by atoms with Crippen molar-refractivity contribution in [2.75, 3.05) is 11.9 Å². The van der Waals surface area contributed by atoms with E-state index in [2.05, 4.69) is 10.6 Å². The van der Waals surface area contributed by atoms with Crippen LogP contribution in [-0.2, 0) is 4.79 Å². The number of non-ortho nitro benzene ring substituents is 1. The number of carbonyl (C=O) groups excluding carboxylic acids is 1. The minimum atomic E-state index is -0.537. The van der Waals surface area contributed by atoms with Gasteiger partial charge in [-0.05, 0) is 31.9 Å². The molecule has 0 bridgehead atoms. The second-order valence-corrected chi connectivity index (χ2v) is 4.73. The average Bonchev–Trinajstić information content (AvgIpc) is 2.89. The fourth-order valence-corrected chi connectivity index (χ4v) is 2.41. The molecule has 1 amide bonds. The number of hydrogen-bond donors (Lipinski definition) is 2. The first-order valence-corrected chi connectivity index (χ1v) is 6.38. The molecule has 1 fully saturated rings. The van der Waals surface area contributed by atoms with Crippen molar-refractivity contribution in [1.82, 2.24) is 5.32 Å². The fourth-order valence-electron chi connectivity index (χ4n) is 2.41. The second kappa shape index (κ2) is 6.67. The molecule has 0 saturated carbocycles. The molecule has 0 aliphatic carbocycles. The lowest BCUT2D eigenvalue weighted by atomic mass is 9.93. The largest absolute Gasteiger partial charge is 0.324 e. The van der Waals surface area contributed by atoms with E-state index in [1.54, 1.807) is 12.1 Å². The zero-order chi connectivity index (χ0) is 13.9. The third kappa shape index (κ3) is 3.26. The van der Waals surface area contributed by atoms with Crippen LogP contribution in [-0.4, -0.2) is 22.9 Å². The lowest BCUT2D eigenvalue weighted by molar-refractivity contribution is -0.384. The van der Waals surface area contributed by atoms with E-state index in [0.29, 0.717) is 12.1 Å². The van der Waals surface area contributed by atoms with E-state index in [4.69, 9.17) is 0 Å². The van der Waals surface area contributed by atoms with E-state index in [1.807, 2.05) is 6.92 Å². The first kappa shape index (κ1) is 16.4. The Hall–Kier alpha value is -1.66. The molecule has 1 saturated heterocycles. The smallest absolute Gasteiger partial charge is 0.271 e. The second-order valence-electron chi connectivity index (χ2n) is 4.73. The van der Waals surface area contributed by atoms with Crippen molar-refractivity contribution in [3.63, 3.8) is 0 Å². The Labute approximate surface area is 123 Å². The van der Waals surface area contributed by atoms with Gasteiger partial charge in [0.05, 0.1) is 10.5 Å². The summed E-state index contributed by atoms with van der Waals surface area (Å²) < 4.78 is 0.